The Bertz CT molecular complexity index is 1880. The number of nitrogens with one attached hydrogen (secondary N) is 1. The van der Waals surface area contributed by atoms with Crippen molar-refractivity contribution >= 4 is 18.0 Å². The quantitative estimate of drug-likeness (QED) is 0.0728. The van der Waals surface area contributed by atoms with Gasteiger partial charge in [-0.1, -0.05) is 84.9 Å². The minimum Gasteiger partial charge on any atom is -0.481 e. The summed E-state index contributed by atoms with van der Waals surface area (Å²) < 4.78 is 33.1. The summed E-state index contributed by atoms with van der Waals surface area (Å²) >= 11 is 0. The van der Waals surface area contributed by atoms with Gasteiger partial charge in [0.25, 0.3) is 0 Å². The van der Waals surface area contributed by atoms with Crippen LogP contribution in [-0.2, 0) is 27.2 Å². The molecule has 0 aliphatic heterocycles. The molecule has 0 saturated carbocycles. The fourth-order valence-electron chi connectivity index (χ4n) is 5.90. The van der Waals surface area contributed by atoms with Crippen LogP contribution in [0.5, 0.6) is 0 Å². The van der Waals surface area contributed by atoms with Crippen molar-refractivity contribution in [2.45, 2.75) is 78.0 Å². The Hall–Kier alpha value is -5.17. The monoisotopic (exact) mass is 762 g/mol. The lowest BCUT2D eigenvalue weighted by Gasteiger charge is -2.29. The molecule has 0 aliphatic carbocycles. The van der Waals surface area contributed by atoms with Gasteiger partial charge in [-0.2, -0.15) is 0 Å². The highest BCUT2D eigenvalue weighted by Crippen LogP contribution is 2.28. The highest BCUT2D eigenvalue weighted by Gasteiger charge is 2.37. The first kappa shape index (κ1) is 44.2. The molecule has 4 rings (SSSR count). The van der Waals surface area contributed by atoms with E-state index in [1.807, 2.05) is 36.4 Å². The van der Waals surface area contributed by atoms with Crippen LogP contribution in [0, 0.1) is 22.5 Å². The molecule has 1 amide bonds. The van der Waals surface area contributed by atoms with E-state index in [-0.39, 0.29) is 24.5 Å². The molecule has 0 bridgehead atoms. The zero-order chi connectivity index (χ0) is 41.0. The van der Waals surface area contributed by atoms with Crippen LogP contribution in [-0.4, -0.2) is 69.4 Å². The van der Waals surface area contributed by atoms with Gasteiger partial charge in [-0.3, -0.25) is 9.59 Å². The highest BCUT2D eigenvalue weighted by molar-refractivity contribution is 5.75. The second-order valence-corrected chi connectivity index (χ2v) is 15.3. The highest BCUT2D eigenvalue weighted by atomic mass is 19.1. The number of rotatable bonds is 15. The number of carboxylic acids is 2. The fraction of sp³-hybridized carbons (Fsp3) is 0.372. The predicted molar refractivity (Wildman–Crippen MR) is 207 cm³/mol. The first-order chi connectivity index (χ1) is 25.8. The number of carbonyl (C=O) groups is 3. The fourth-order valence-corrected chi connectivity index (χ4v) is 5.90. The summed E-state index contributed by atoms with van der Waals surface area (Å²) in [6, 6.07) is 26.6. The average Bonchev–Trinajstić information content (AvgIpc) is 3.12. The molecule has 0 unspecified atom stereocenters. The van der Waals surface area contributed by atoms with Gasteiger partial charge in [0.2, 0.25) is 0 Å². The van der Waals surface area contributed by atoms with Gasteiger partial charge in [0, 0.05) is 23.2 Å². The van der Waals surface area contributed by atoms with E-state index in [2.05, 4.69) is 5.32 Å². The van der Waals surface area contributed by atoms with E-state index < -0.39 is 59.8 Å². The van der Waals surface area contributed by atoms with Gasteiger partial charge in [0.15, 0.2) is 0 Å². The van der Waals surface area contributed by atoms with Crippen LogP contribution in [0.1, 0.15) is 58.6 Å². The number of aliphatic hydroxyl groups excluding tert-OH is 2. The molecule has 0 aromatic heterocycles. The lowest BCUT2D eigenvalue weighted by Crippen LogP contribution is -2.45. The van der Waals surface area contributed by atoms with Crippen LogP contribution in [0.4, 0.5) is 13.6 Å². The van der Waals surface area contributed by atoms with Crippen molar-refractivity contribution in [3.05, 3.63) is 120 Å². The molecule has 4 aromatic rings. The summed E-state index contributed by atoms with van der Waals surface area (Å²) in [5.74, 6) is -2.81. The number of aliphatic carboxylic acids is 2. The van der Waals surface area contributed by atoms with Crippen molar-refractivity contribution in [3.63, 3.8) is 0 Å². The predicted octanol–water partition coefficient (Wildman–Crippen LogP) is 7.24. The number of nitrogens with two attached hydrogens (primary N) is 1. The summed E-state index contributed by atoms with van der Waals surface area (Å²) in [6.45, 7) is 7.09. The molecule has 0 heterocycles. The Morgan fingerprint density at radius 2 is 1.05 bits per heavy atom. The number of carbonyl (C=O) groups excluding carboxylic acids is 1. The van der Waals surface area contributed by atoms with Crippen molar-refractivity contribution in [2.75, 3.05) is 13.2 Å². The number of alkyl carbamates (subject to hydrolysis) is 1. The minimum atomic E-state index is -1.42. The minimum absolute atomic E-state index is 0.00708. The van der Waals surface area contributed by atoms with Gasteiger partial charge >= 0.3 is 18.0 Å². The molecule has 12 heteroatoms. The third kappa shape index (κ3) is 13.3. The molecule has 0 radical (unpaired) electrons. The Kier molecular flexibility index (Phi) is 15.6. The summed E-state index contributed by atoms with van der Waals surface area (Å²) in [7, 11) is 0. The summed E-state index contributed by atoms with van der Waals surface area (Å²) in [4.78, 5) is 35.2. The van der Waals surface area contributed by atoms with Crippen LogP contribution in [0.25, 0.3) is 22.3 Å². The van der Waals surface area contributed by atoms with E-state index >= 15 is 0 Å². The van der Waals surface area contributed by atoms with Gasteiger partial charge in [-0.05, 0) is 94.7 Å². The first-order valence-corrected chi connectivity index (χ1v) is 17.9. The molecule has 4 atom stereocenters. The number of hydrogen-bond donors (Lipinski definition) is 6. The summed E-state index contributed by atoms with van der Waals surface area (Å²) in [5, 5.41) is 40.3. The van der Waals surface area contributed by atoms with Crippen molar-refractivity contribution in [2.24, 2.45) is 16.6 Å². The molecule has 0 saturated heterocycles. The molecule has 0 aliphatic rings. The SMILES string of the molecule is CC(C)(C)OC(=O)N[C@H](Cc1ccc(-c2ccccc2F)cc1)C[C@@](C)(CO)C(=O)O.C[C@@](CO)(C[C@H](N)Cc1ccc(-c2ccccc2F)cc1)C(=O)O. The normalized spacial score (nSPS) is 14.6. The summed E-state index contributed by atoms with van der Waals surface area (Å²) in [5.41, 5.74) is 6.94. The number of aliphatic hydroxyl groups is 2. The number of amides is 1. The second kappa shape index (κ2) is 19.4. The van der Waals surface area contributed by atoms with Gasteiger partial charge in [-0.25, -0.2) is 13.6 Å². The average molecular weight is 763 g/mol. The Morgan fingerprint density at radius 3 is 1.44 bits per heavy atom. The topological polar surface area (TPSA) is 179 Å². The molecule has 0 fully saturated rings. The van der Waals surface area contributed by atoms with E-state index in [0.29, 0.717) is 29.5 Å². The Morgan fingerprint density at radius 1 is 0.655 bits per heavy atom. The number of ether oxygens (including phenoxy) is 1. The lowest BCUT2D eigenvalue weighted by molar-refractivity contribution is -0.152. The number of benzene rings is 4. The number of hydrogen-bond acceptors (Lipinski definition) is 7. The second-order valence-electron chi connectivity index (χ2n) is 15.3. The Balaban J connectivity index is 0.000000305. The van der Waals surface area contributed by atoms with Crippen molar-refractivity contribution in [1.29, 1.82) is 0 Å². The maximum absolute atomic E-state index is 14.0. The number of carboxylic acid groups (broad SMARTS) is 2. The third-order valence-corrected chi connectivity index (χ3v) is 9.12. The lowest BCUT2D eigenvalue weighted by atomic mass is 9.82. The van der Waals surface area contributed by atoms with E-state index in [1.165, 1.54) is 26.0 Å². The molecular weight excluding hydrogens is 710 g/mol. The molecular formula is C43H52F2N2O8. The molecule has 55 heavy (non-hydrogen) atoms. The molecule has 4 aromatic carbocycles. The van der Waals surface area contributed by atoms with Crippen LogP contribution in [0.2, 0.25) is 0 Å². The molecule has 296 valence electrons. The largest absolute Gasteiger partial charge is 0.481 e. The third-order valence-electron chi connectivity index (χ3n) is 9.12. The van der Waals surface area contributed by atoms with Gasteiger partial charge < -0.3 is 36.2 Å². The van der Waals surface area contributed by atoms with Gasteiger partial charge in [0.05, 0.1) is 24.0 Å². The zero-order valence-electron chi connectivity index (χ0n) is 31.9. The van der Waals surface area contributed by atoms with Gasteiger partial charge in [0.1, 0.15) is 17.2 Å². The standard InChI is InChI=1S/C24H30FNO5.C19H22FNO3/c1-23(2,3)31-22(30)26-18(14-24(4,15-27)21(28)29)13-16-9-11-17(12-10-16)19-7-5-6-8-20(19)25;1-19(12-22,18(23)24)11-15(21)10-13-6-8-14(9-7-13)16-4-2-3-5-17(16)20/h5-12,18,27H,13-15H2,1-4H3,(H,26,30)(H,28,29);2-9,15,22H,10-12,21H2,1H3,(H,23,24)/t18-,24+;15-,19+/m11/s1. The summed E-state index contributed by atoms with van der Waals surface area (Å²) in [6.07, 6.45) is 0.326. The van der Waals surface area contributed by atoms with E-state index in [4.69, 9.17) is 10.5 Å². The maximum Gasteiger partial charge on any atom is 0.407 e. The zero-order valence-corrected chi connectivity index (χ0v) is 31.9. The molecule has 10 nitrogen and oxygen atoms in total. The maximum atomic E-state index is 14.0. The van der Waals surface area contributed by atoms with E-state index in [9.17, 15) is 43.6 Å². The van der Waals surface area contributed by atoms with E-state index in [0.717, 1.165) is 16.7 Å². The first-order valence-electron chi connectivity index (χ1n) is 17.9. The van der Waals surface area contributed by atoms with Crippen LogP contribution < -0.4 is 11.1 Å². The van der Waals surface area contributed by atoms with E-state index in [1.54, 1.807) is 69.3 Å². The van der Waals surface area contributed by atoms with Gasteiger partial charge in [-0.15, -0.1) is 0 Å². The van der Waals surface area contributed by atoms with Crippen LogP contribution in [0.15, 0.2) is 97.1 Å². The molecule has 0 spiro atoms. The van der Waals surface area contributed by atoms with Crippen LogP contribution in [0.3, 0.4) is 0 Å². The number of halogens is 2. The van der Waals surface area contributed by atoms with Crippen molar-refractivity contribution in [1.82, 2.24) is 5.32 Å². The van der Waals surface area contributed by atoms with Crippen molar-refractivity contribution in [3.8, 4) is 22.3 Å². The van der Waals surface area contributed by atoms with Crippen LogP contribution >= 0.6 is 0 Å². The molecule has 7 N–H and O–H groups in total. The van der Waals surface area contributed by atoms with Crippen molar-refractivity contribution < 1.29 is 48.3 Å². The Labute approximate surface area is 321 Å². The smallest absolute Gasteiger partial charge is 0.407 e.